The van der Waals surface area contributed by atoms with Crippen molar-refractivity contribution in [1.82, 2.24) is 5.32 Å². The lowest BCUT2D eigenvalue weighted by atomic mass is 10.1. The molecule has 1 fully saturated rings. The van der Waals surface area contributed by atoms with Gasteiger partial charge in [-0.25, -0.2) is 14.5 Å². The normalized spacial score (nSPS) is 15.0. The van der Waals surface area contributed by atoms with Crippen molar-refractivity contribution in [2.45, 2.75) is 20.3 Å². The van der Waals surface area contributed by atoms with Crippen LogP contribution in [0, 0.1) is 0 Å². The van der Waals surface area contributed by atoms with Gasteiger partial charge in [0.25, 0.3) is 11.8 Å². The number of nitrogens with one attached hydrogen (secondary N) is 1. The Bertz CT molecular complexity index is 1090. The zero-order valence-corrected chi connectivity index (χ0v) is 17.6. The topological polar surface area (TPSA) is 122 Å². The summed E-state index contributed by atoms with van der Waals surface area (Å²) in [6.07, 6.45) is 2.14. The number of carboxylic acid groups (broad SMARTS) is 1. The lowest BCUT2D eigenvalue weighted by Crippen LogP contribution is -2.54. The molecule has 1 aliphatic rings. The molecular formula is C23H22N2O7. The number of hydrogen-bond acceptors (Lipinski definition) is 6. The Labute approximate surface area is 184 Å². The third-order valence-corrected chi connectivity index (χ3v) is 4.63. The summed E-state index contributed by atoms with van der Waals surface area (Å²) in [4.78, 5) is 49.4. The van der Waals surface area contributed by atoms with Crippen molar-refractivity contribution in [3.8, 4) is 11.5 Å². The number of carbonyl (C=O) groups excluding carboxylic acids is 3. The third-order valence-electron chi connectivity index (χ3n) is 4.63. The summed E-state index contributed by atoms with van der Waals surface area (Å²) in [7, 11) is 0. The average Bonchev–Trinajstić information content (AvgIpc) is 2.76. The summed E-state index contributed by atoms with van der Waals surface area (Å²) in [5.74, 6) is -2.24. The van der Waals surface area contributed by atoms with E-state index >= 15 is 0 Å². The number of anilines is 1. The van der Waals surface area contributed by atoms with E-state index in [1.807, 2.05) is 6.92 Å². The van der Waals surface area contributed by atoms with E-state index in [1.54, 1.807) is 37.3 Å². The van der Waals surface area contributed by atoms with Gasteiger partial charge >= 0.3 is 12.0 Å². The molecule has 166 valence electrons. The van der Waals surface area contributed by atoms with E-state index < -0.39 is 30.4 Å². The molecule has 0 unspecified atom stereocenters. The minimum absolute atomic E-state index is 0.212. The molecule has 0 saturated carbocycles. The Morgan fingerprint density at radius 3 is 2.38 bits per heavy atom. The second-order valence-corrected chi connectivity index (χ2v) is 6.80. The number of carboxylic acids is 1. The van der Waals surface area contributed by atoms with Crippen LogP contribution in [0.3, 0.4) is 0 Å². The van der Waals surface area contributed by atoms with Crippen molar-refractivity contribution in [1.29, 1.82) is 0 Å². The van der Waals surface area contributed by atoms with E-state index in [2.05, 4.69) is 5.32 Å². The van der Waals surface area contributed by atoms with E-state index in [0.29, 0.717) is 17.9 Å². The Hall–Kier alpha value is -4.14. The molecule has 4 amide bonds. The highest BCUT2D eigenvalue weighted by Gasteiger charge is 2.36. The summed E-state index contributed by atoms with van der Waals surface area (Å²) >= 11 is 0. The smallest absolute Gasteiger partial charge is 0.341 e. The van der Waals surface area contributed by atoms with Gasteiger partial charge < -0.3 is 14.6 Å². The molecule has 1 saturated heterocycles. The molecule has 0 aliphatic carbocycles. The van der Waals surface area contributed by atoms with Crippen molar-refractivity contribution in [3.05, 3.63) is 59.2 Å². The molecule has 3 rings (SSSR count). The summed E-state index contributed by atoms with van der Waals surface area (Å²) in [6.45, 7) is 3.48. The number of hydrogen-bond donors (Lipinski definition) is 2. The first kappa shape index (κ1) is 22.5. The lowest BCUT2D eigenvalue weighted by molar-refractivity contribution is -0.139. The van der Waals surface area contributed by atoms with Crippen LogP contribution in [-0.2, 0) is 20.8 Å². The summed E-state index contributed by atoms with van der Waals surface area (Å²) < 4.78 is 10.7. The second-order valence-electron chi connectivity index (χ2n) is 6.80. The maximum absolute atomic E-state index is 13.0. The highest BCUT2D eigenvalue weighted by Crippen LogP contribution is 2.30. The fraction of sp³-hybridized carbons (Fsp3) is 0.217. The number of aliphatic carboxylic acids is 1. The molecule has 2 N–H and O–H groups in total. The Morgan fingerprint density at radius 2 is 1.75 bits per heavy atom. The van der Waals surface area contributed by atoms with Gasteiger partial charge in [-0.15, -0.1) is 0 Å². The first-order valence-electron chi connectivity index (χ1n) is 9.95. The van der Waals surface area contributed by atoms with E-state index in [4.69, 9.17) is 14.6 Å². The van der Waals surface area contributed by atoms with Gasteiger partial charge in [0.05, 0.1) is 12.3 Å². The molecule has 1 heterocycles. The van der Waals surface area contributed by atoms with Gasteiger partial charge in [-0.3, -0.25) is 14.9 Å². The first-order valence-corrected chi connectivity index (χ1v) is 9.95. The predicted octanol–water partition coefficient (Wildman–Crippen LogP) is 2.78. The molecule has 32 heavy (non-hydrogen) atoms. The summed E-state index contributed by atoms with van der Waals surface area (Å²) in [5, 5.41) is 11.0. The molecule has 2 aromatic carbocycles. The second kappa shape index (κ2) is 9.78. The number of urea groups is 1. The van der Waals surface area contributed by atoms with Gasteiger partial charge in [-0.05, 0) is 54.8 Å². The van der Waals surface area contributed by atoms with Crippen LogP contribution in [0.15, 0.2) is 48.0 Å². The third kappa shape index (κ3) is 4.94. The van der Waals surface area contributed by atoms with Crippen molar-refractivity contribution in [3.63, 3.8) is 0 Å². The van der Waals surface area contributed by atoms with Crippen molar-refractivity contribution in [2.75, 3.05) is 18.1 Å². The molecule has 2 aromatic rings. The predicted molar refractivity (Wildman–Crippen MR) is 116 cm³/mol. The molecule has 0 radical (unpaired) electrons. The number of aryl methyl sites for hydroxylation is 1. The SMILES string of the molecule is CCOc1cc(/C=C2/C(=O)NC(=O)N(c3ccc(CC)cc3)C2=O)ccc1OCC(=O)O. The number of barbiturate groups is 1. The quantitative estimate of drug-likeness (QED) is 0.480. The van der Waals surface area contributed by atoms with Crippen molar-refractivity contribution >= 4 is 35.6 Å². The van der Waals surface area contributed by atoms with Crippen molar-refractivity contribution in [2.24, 2.45) is 0 Å². The van der Waals surface area contributed by atoms with Crippen LogP contribution < -0.4 is 19.7 Å². The molecule has 0 bridgehead atoms. The standard InChI is InChI=1S/C23H22N2O7/c1-3-14-5-8-16(9-6-14)25-22(29)17(21(28)24-23(25)30)11-15-7-10-18(32-13-20(26)27)19(12-15)31-4-2/h5-12H,3-4,13H2,1-2H3,(H,26,27)(H,24,28,30)/b17-11-. The minimum Gasteiger partial charge on any atom is -0.490 e. The molecular weight excluding hydrogens is 416 g/mol. The van der Waals surface area contributed by atoms with Crippen LogP contribution in [0.2, 0.25) is 0 Å². The van der Waals surface area contributed by atoms with Gasteiger partial charge in [-0.2, -0.15) is 0 Å². The average molecular weight is 438 g/mol. The zero-order valence-electron chi connectivity index (χ0n) is 17.6. The van der Waals surface area contributed by atoms with Gasteiger partial charge in [0.2, 0.25) is 0 Å². The van der Waals surface area contributed by atoms with E-state index in [9.17, 15) is 19.2 Å². The molecule has 9 nitrogen and oxygen atoms in total. The van der Waals surface area contributed by atoms with Crippen molar-refractivity contribution < 1.29 is 33.8 Å². The van der Waals surface area contributed by atoms with E-state index in [1.165, 1.54) is 18.2 Å². The van der Waals surface area contributed by atoms with Crippen LogP contribution in [-0.4, -0.2) is 42.1 Å². The molecule has 0 aromatic heterocycles. The minimum atomic E-state index is -1.14. The van der Waals surface area contributed by atoms with Gasteiger partial charge in [0.1, 0.15) is 5.57 Å². The maximum atomic E-state index is 13.0. The first-order chi connectivity index (χ1) is 15.3. The fourth-order valence-electron chi connectivity index (χ4n) is 3.08. The van der Waals surface area contributed by atoms with Crippen LogP contribution in [0.25, 0.3) is 6.08 Å². The number of nitrogens with zero attached hydrogens (tertiary/aromatic N) is 1. The number of benzene rings is 2. The Kier molecular flexibility index (Phi) is 6.89. The van der Waals surface area contributed by atoms with Crippen LogP contribution in [0.5, 0.6) is 11.5 Å². The number of carbonyl (C=O) groups is 4. The number of imide groups is 2. The molecule has 0 atom stereocenters. The zero-order chi connectivity index (χ0) is 23.3. The van der Waals surface area contributed by atoms with E-state index in [-0.39, 0.29) is 17.1 Å². The molecule has 0 spiro atoms. The highest BCUT2D eigenvalue weighted by atomic mass is 16.5. The maximum Gasteiger partial charge on any atom is 0.341 e. The summed E-state index contributed by atoms with van der Waals surface area (Å²) in [6, 6.07) is 10.6. The lowest BCUT2D eigenvalue weighted by Gasteiger charge is -2.26. The Morgan fingerprint density at radius 1 is 1.03 bits per heavy atom. The van der Waals surface area contributed by atoms with E-state index in [0.717, 1.165) is 16.9 Å². The highest BCUT2D eigenvalue weighted by molar-refractivity contribution is 6.39. The largest absolute Gasteiger partial charge is 0.490 e. The number of ether oxygens (including phenoxy) is 2. The Balaban J connectivity index is 1.94. The van der Waals surface area contributed by atoms with Gasteiger partial charge in [-0.1, -0.05) is 25.1 Å². The van der Waals surface area contributed by atoms with Gasteiger partial charge in [0.15, 0.2) is 18.1 Å². The molecule has 9 heteroatoms. The van der Waals surface area contributed by atoms with Crippen LogP contribution in [0.4, 0.5) is 10.5 Å². The summed E-state index contributed by atoms with van der Waals surface area (Å²) in [5.41, 5.74) is 1.59. The van der Waals surface area contributed by atoms with Gasteiger partial charge in [0, 0.05) is 0 Å². The van der Waals surface area contributed by atoms with Crippen LogP contribution >= 0.6 is 0 Å². The number of amides is 4. The monoisotopic (exact) mass is 438 g/mol. The van der Waals surface area contributed by atoms with Crippen LogP contribution in [0.1, 0.15) is 25.0 Å². The molecule has 1 aliphatic heterocycles. The fourth-order valence-corrected chi connectivity index (χ4v) is 3.08. The number of rotatable bonds is 8.